The maximum Gasteiger partial charge on any atom is 0.415 e. The predicted molar refractivity (Wildman–Crippen MR) is 129 cm³/mol. The van der Waals surface area contributed by atoms with Gasteiger partial charge in [0.05, 0.1) is 35.6 Å². The van der Waals surface area contributed by atoms with Crippen molar-refractivity contribution in [3.63, 3.8) is 0 Å². The molecule has 1 aliphatic heterocycles. The Morgan fingerprint density at radius 2 is 1.74 bits per heavy atom. The van der Waals surface area contributed by atoms with E-state index in [1.54, 1.807) is 65.6 Å². The van der Waals surface area contributed by atoms with E-state index >= 15 is 0 Å². The summed E-state index contributed by atoms with van der Waals surface area (Å²) < 4.78 is 10.6. The zero-order chi connectivity index (χ0) is 23.8. The number of hydrogen-bond donors (Lipinski definition) is 2. The van der Waals surface area contributed by atoms with Gasteiger partial charge < -0.3 is 19.7 Å². The molecule has 0 spiro atoms. The van der Waals surface area contributed by atoms with E-state index in [-0.39, 0.29) is 11.5 Å². The van der Waals surface area contributed by atoms with E-state index in [1.807, 2.05) is 5.38 Å². The number of nitrogens with one attached hydrogen (secondary N) is 2. The molecule has 1 fully saturated rings. The van der Waals surface area contributed by atoms with Crippen LogP contribution in [0.3, 0.4) is 0 Å². The van der Waals surface area contributed by atoms with Gasteiger partial charge in [0.15, 0.2) is 0 Å². The number of rotatable bonds is 6. The van der Waals surface area contributed by atoms with Crippen molar-refractivity contribution < 1.29 is 23.9 Å². The Balaban J connectivity index is 1.32. The number of carbonyl (C=O) groups excluding carboxylic acids is 3. The van der Waals surface area contributed by atoms with Crippen LogP contribution in [0.25, 0.3) is 0 Å². The fraction of sp³-hybridized carbons (Fsp3) is 0.167. The molecule has 174 valence electrons. The molecule has 0 radical (unpaired) electrons. The minimum atomic E-state index is -0.464. The van der Waals surface area contributed by atoms with Gasteiger partial charge in [-0.2, -0.15) is 5.10 Å². The molecule has 10 heteroatoms. The van der Waals surface area contributed by atoms with E-state index in [0.717, 1.165) is 0 Å². The number of hydrazone groups is 1. The number of morpholine rings is 1. The molecule has 0 bridgehead atoms. The molecule has 9 nitrogen and oxygen atoms in total. The van der Waals surface area contributed by atoms with Crippen molar-refractivity contribution in [3.05, 3.63) is 82.0 Å². The van der Waals surface area contributed by atoms with Crippen LogP contribution in [0, 0.1) is 0 Å². The van der Waals surface area contributed by atoms with Crippen molar-refractivity contribution in [1.29, 1.82) is 0 Å². The first-order chi connectivity index (χ1) is 16.6. The van der Waals surface area contributed by atoms with Crippen molar-refractivity contribution in [3.8, 4) is 5.75 Å². The van der Waals surface area contributed by atoms with Crippen LogP contribution in [-0.4, -0.2) is 55.3 Å². The molecule has 3 aromatic rings. The first kappa shape index (κ1) is 23.1. The molecule has 1 aromatic heterocycles. The third-order valence-electron chi connectivity index (χ3n) is 4.90. The smallest absolute Gasteiger partial charge is 0.410 e. The van der Waals surface area contributed by atoms with Crippen molar-refractivity contribution in [2.75, 3.05) is 31.6 Å². The molecule has 1 saturated heterocycles. The van der Waals surface area contributed by atoms with E-state index in [1.165, 1.54) is 17.6 Å². The summed E-state index contributed by atoms with van der Waals surface area (Å²) in [5.41, 5.74) is 3.84. The monoisotopic (exact) mass is 478 g/mol. The molecule has 1 aliphatic rings. The van der Waals surface area contributed by atoms with E-state index < -0.39 is 12.0 Å². The Morgan fingerprint density at radius 1 is 0.971 bits per heavy atom. The molecular weight excluding hydrogens is 456 g/mol. The fourth-order valence-electron chi connectivity index (χ4n) is 3.14. The molecule has 34 heavy (non-hydrogen) atoms. The van der Waals surface area contributed by atoms with Crippen LogP contribution in [0.1, 0.15) is 25.6 Å². The van der Waals surface area contributed by atoms with E-state index in [9.17, 15) is 14.4 Å². The SMILES string of the molecule is O=C(Nc1ccccc1C(=O)N/N=C/c1ccc(OC(=O)N2CCOCC2)cc1)c1cccs1. The number of hydrogen-bond acceptors (Lipinski definition) is 7. The average molecular weight is 479 g/mol. The number of benzene rings is 2. The average Bonchev–Trinajstić information content (AvgIpc) is 3.41. The molecule has 0 aliphatic carbocycles. The number of nitrogens with zero attached hydrogens (tertiary/aromatic N) is 2. The maximum absolute atomic E-state index is 12.6. The third-order valence-corrected chi connectivity index (χ3v) is 5.77. The number of thiophene rings is 1. The van der Waals surface area contributed by atoms with Gasteiger partial charge in [-0.25, -0.2) is 10.2 Å². The highest BCUT2D eigenvalue weighted by Crippen LogP contribution is 2.18. The Bertz CT molecular complexity index is 1170. The highest BCUT2D eigenvalue weighted by Gasteiger charge is 2.18. The summed E-state index contributed by atoms with van der Waals surface area (Å²) in [6, 6.07) is 16.9. The summed E-state index contributed by atoms with van der Waals surface area (Å²) in [5, 5.41) is 8.55. The van der Waals surface area contributed by atoms with E-state index in [0.29, 0.717) is 48.2 Å². The fourth-order valence-corrected chi connectivity index (χ4v) is 3.76. The van der Waals surface area contributed by atoms with Crippen molar-refractivity contribution in [2.45, 2.75) is 0 Å². The lowest BCUT2D eigenvalue weighted by Crippen LogP contribution is -2.42. The third kappa shape index (κ3) is 6.06. The normalized spacial score (nSPS) is 13.5. The quantitative estimate of drug-likeness (QED) is 0.416. The van der Waals surface area contributed by atoms with Crippen LogP contribution in [0.15, 0.2) is 71.1 Å². The second-order valence-corrected chi connectivity index (χ2v) is 8.16. The van der Waals surface area contributed by atoms with Gasteiger partial charge in [-0.3, -0.25) is 9.59 Å². The lowest BCUT2D eigenvalue weighted by Gasteiger charge is -2.25. The van der Waals surface area contributed by atoms with Gasteiger partial charge in [-0.05, 0) is 53.4 Å². The summed E-state index contributed by atoms with van der Waals surface area (Å²) in [6.45, 7) is 2.01. The van der Waals surface area contributed by atoms with Crippen LogP contribution in [0.2, 0.25) is 0 Å². The molecule has 3 amide bonds. The lowest BCUT2D eigenvalue weighted by molar-refractivity contribution is 0.0416. The van der Waals surface area contributed by atoms with Gasteiger partial charge in [0.2, 0.25) is 0 Å². The second kappa shape index (κ2) is 11.2. The maximum atomic E-state index is 12.6. The van der Waals surface area contributed by atoms with Crippen LogP contribution < -0.4 is 15.5 Å². The molecule has 2 aromatic carbocycles. The highest BCUT2D eigenvalue weighted by molar-refractivity contribution is 7.12. The zero-order valence-electron chi connectivity index (χ0n) is 18.1. The number of amides is 3. The number of carbonyl (C=O) groups is 3. The minimum absolute atomic E-state index is 0.284. The van der Waals surface area contributed by atoms with E-state index in [4.69, 9.17) is 9.47 Å². The standard InChI is InChI=1S/C24H22N4O5S/c29-22(19-4-1-2-5-20(19)26-23(30)21-6-3-15-34-21)27-25-16-17-7-9-18(10-8-17)33-24(31)28-11-13-32-14-12-28/h1-10,15-16H,11-14H2,(H,26,30)(H,27,29)/b25-16+. The molecule has 4 rings (SSSR count). The van der Waals surface area contributed by atoms with Crippen molar-refractivity contribution in [2.24, 2.45) is 5.10 Å². The highest BCUT2D eigenvalue weighted by atomic mass is 32.1. The predicted octanol–water partition coefficient (Wildman–Crippen LogP) is 3.60. The van der Waals surface area contributed by atoms with Gasteiger partial charge in [-0.1, -0.05) is 18.2 Å². The minimum Gasteiger partial charge on any atom is -0.410 e. The second-order valence-electron chi connectivity index (χ2n) is 7.21. The number of ether oxygens (including phenoxy) is 2. The van der Waals surface area contributed by atoms with Crippen LogP contribution >= 0.6 is 11.3 Å². The molecule has 2 N–H and O–H groups in total. The Hall–Kier alpha value is -4.02. The van der Waals surface area contributed by atoms with Gasteiger partial charge in [0.1, 0.15) is 5.75 Å². The van der Waals surface area contributed by atoms with Gasteiger partial charge in [0.25, 0.3) is 11.8 Å². The largest absolute Gasteiger partial charge is 0.415 e. The summed E-state index contributed by atoms with van der Waals surface area (Å²) in [6.07, 6.45) is 1.06. The van der Waals surface area contributed by atoms with Crippen LogP contribution in [-0.2, 0) is 4.74 Å². The summed E-state index contributed by atoms with van der Waals surface area (Å²) in [5.74, 6) is -0.337. The van der Waals surface area contributed by atoms with Gasteiger partial charge >= 0.3 is 6.09 Å². The summed E-state index contributed by atoms with van der Waals surface area (Å²) in [7, 11) is 0. The molecule has 0 saturated carbocycles. The van der Waals surface area contributed by atoms with E-state index in [2.05, 4.69) is 15.8 Å². The molecule has 2 heterocycles. The molecule has 0 atom stereocenters. The van der Waals surface area contributed by atoms with Gasteiger partial charge in [0, 0.05) is 13.1 Å². The first-order valence-electron chi connectivity index (χ1n) is 10.5. The Morgan fingerprint density at radius 3 is 2.47 bits per heavy atom. The molecular formula is C24H22N4O5S. The van der Waals surface area contributed by atoms with Crippen LogP contribution in [0.4, 0.5) is 10.5 Å². The molecule has 0 unspecified atom stereocenters. The Kier molecular flexibility index (Phi) is 7.63. The van der Waals surface area contributed by atoms with Gasteiger partial charge in [-0.15, -0.1) is 11.3 Å². The van der Waals surface area contributed by atoms with Crippen molar-refractivity contribution in [1.82, 2.24) is 10.3 Å². The van der Waals surface area contributed by atoms with Crippen LogP contribution in [0.5, 0.6) is 5.75 Å². The number of anilines is 1. The Labute approximate surface area is 200 Å². The first-order valence-corrected chi connectivity index (χ1v) is 11.4. The summed E-state index contributed by atoms with van der Waals surface area (Å²) in [4.78, 5) is 39.2. The zero-order valence-corrected chi connectivity index (χ0v) is 18.9. The number of para-hydroxylation sites is 1. The lowest BCUT2D eigenvalue weighted by atomic mass is 10.1. The summed E-state index contributed by atoms with van der Waals surface area (Å²) >= 11 is 1.32. The van der Waals surface area contributed by atoms with Crippen molar-refractivity contribution >= 4 is 41.1 Å². The topological polar surface area (TPSA) is 109 Å².